The molecule has 0 aliphatic heterocycles. The number of aromatic nitrogens is 1. The molecule has 0 saturated carbocycles. The first kappa shape index (κ1) is 27.2. The Labute approximate surface area is 212 Å². The van der Waals surface area contributed by atoms with Gasteiger partial charge >= 0.3 is 0 Å². The van der Waals surface area contributed by atoms with Crippen molar-refractivity contribution in [2.75, 3.05) is 53.0 Å². The van der Waals surface area contributed by atoms with Crippen molar-refractivity contribution in [1.29, 1.82) is 0 Å². The molecule has 8 heteroatoms. The van der Waals surface area contributed by atoms with E-state index < -0.39 is 0 Å². The molecule has 1 amide bonds. The van der Waals surface area contributed by atoms with Gasteiger partial charge in [-0.1, -0.05) is 45.4 Å². The van der Waals surface area contributed by atoms with E-state index in [-0.39, 0.29) is 18.1 Å². The first-order valence-corrected chi connectivity index (χ1v) is 13.6. The van der Waals surface area contributed by atoms with Gasteiger partial charge in [-0.25, -0.2) is 0 Å². The fourth-order valence-electron chi connectivity index (χ4n) is 4.22. The van der Waals surface area contributed by atoms with Crippen LogP contribution in [0.1, 0.15) is 50.2 Å². The van der Waals surface area contributed by atoms with Gasteiger partial charge in [0.1, 0.15) is 16.9 Å². The topological polar surface area (TPSA) is 64.0 Å². The zero-order valence-corrected chi connectivity index (χ0v) is 22.6. The number of fused-ring (bicyclic) bond motifs is 3. The highest BCUT2D eigenvalue weighted by Gasteiger charge is 2.27. The summed E-state index contributed by atoms with van der Waals surface area (Å²) in [5.74, 6) is 0.277. The van der Waals surface area contributed by atoms with Crippen LogP contribution in [0.15, 0.2) is 29.1 Å². The van der Waals surface area contributed by atoms with E-state index in [1.807, 2.05) is 42.8 Å². The number of thiophene rings is 1. The van der Waals surface area contributed by atoms with Crippen LogP contribution in [0.5, 0.6) is 5.75 Å². The summed E-state index contributed by atoms with van der Waals surface area (Å²) in [6.07, 6.45) is 1.89. The summed E-state index contributed by atoms with van der Waals surface area (Å²) in [7, 11) is 1.82. The molecule has 0 fully saturated rings. The SMILES string of the molecule is CCCCn1c(=O)c2c(OCCOCC)c(C(=O)N(C)CCN(CC)CC)sc2c2ccccc21. The molecule has 0 aliphatic carbocycles. The molecule has 0 radical (unpaired) electrons. The van der Waals surface area contributed by atoms with Crippen molar-refractivity contribution in [3.05, 3.63) is 39.5 Å². The van der Waals surface area contributed by atoms with Crippen LogP contribution < -0.4 is 10.3 Å². The van der Waals surface area contributed by atoms with E-state index in [1.54, 1.807) is 4.90 Å². The Kier molecular flexibility index (Phi) is 10.1. The summed E-state index contributed by atoms with van der Waals surface area (Å²) in [5, 5.41) is 1.48. The third-order valence-corrected chi connectivity index (χ3v) is 7.56. The number of carbonyl (C=O) groups excluding carboxylic acids is 1. The van der Waals surface area contributed by atoms with Crippen LogP contribution in [0.2, 0.25) is 0 Å². The van der Waals surface area contributed by atoms with Crippen LogP contribution in [0.4, 0.5) is 0 Å². The maximum Gasteiger partial charge on any atom is 0.267 e. The van der Waals surface area contributed by atoms with Crippen LogP contribution in [-0.2, 0) is 11.3 Å². The number of carbonyl (C=O) groups is 1. The average molecular weight is 502 g/mol. The number of amides is 1. The highest BCUT2D eigenvalue weighted by Crippen LogP contribution is 2.40. The van der Waals surface area contributed by atoms with Gasteiger partial charge in [0.05, 0.1) is 16.8 Å². The van der Waals surface area contributed by atoms with E-state index in [9.17, 15) is 9.59 Å². The fraction of sp³-hybridized carbons (Fsp3) is 0.556. The summed E-state index contributed by atoms with van der Waals surface area (Å²) in [6.45, 7) is 13.5. The molecule has 0 spiro atoms. The van der Waals surface area contributed by atoms with Gasteiger partial charge < -0.3 is 23.8 Å². The minimum atomic E-state index is -0.117. The van der Waals surface area contributed by atoms with Gasteiger partial charge in [0.15, 0.2) is 5.75 Å². The Balaban J connectivity index is 2.13. The molecule has 3 rings (SSSR count). The summed E-state index contributed by atoms with van der Waals surface area (Å²) in [6, 6.07) is 7.94. The maximum atomic E-state index is 13.8. The molecule has 0 bridgehead atoms. The first-order valence-electron chi connectivity index (χ1n) is 12.7. The molecule has 7 nitrogen and oxygen atoms in total. The Bertz CT molecular complexity index is 1180. The Morgan fingerprint density at radius 1 is 1.06 bits per heavy atom. The first-order chi connectivity index (χ1) is 17.0. The molecule has 192 valence electrons. The van der Waals surface area contributed by atoms with Crippen molar-refractivity contribution in [1.82, 2.24) is 14.4 Å². The molecule has 1 aromatic carbocycles. The number of para-hydroxylation sites is 1. The van der Waals surface area contributed by atoms with Crippen molar-refractivity contribution < 1.29 is 14.3 Å². The molecule has 0 N–H and O–H groups in total. The van der Waals surface area contributed by atoms with Gasteiger partial charge in [0.25, 0.3) is 11.5 Å². The third-order valence-electron chi connectivity index (χ3n) is 6.36. The number of nitrogens with zero attached hydrogens (tertiary/aromatic N) is 3. The summed E-state index contributed by atoms with van der Waals surface area (Å²) >= 11 is 1.36. The zero-order chi connectivity index (χ0) is 25.4. The van der Waals surface area contributed by atoms with Crippen molar-refractivity contribution in [2.45, 2.75) is 47.1 Å². The van der Waals surface area contributed by atoms with E-state index >= 15 is 0 Å². The maximum absolute atomic E-state index is 13.8. The van der Waals surface area contributed by atoms with Crippen LogP contribution in [0.25, 0.3) is 21.0 Å². The lowest BCUT2D eigenvalue weighted by atomic mass is 10.1. The smallest absolute Gasteiger partial charge is 0.267 e. The van der Waals surface area contributed by atoms with E-state index in [0.717, 1.165) is 48.1 Å². The van der Waals surface area contributed by atoms with E-state index in [0.29, 0.717) is 42.3 Å². The number of hydrogen-bond donors (Lipinski definition) is 0. The molecule has 0 atom stereocenters. The van der Waals surface area contributed by atoms with Crippen LogP contribution >= 0.6 is 11.3 Å². The van der Waals surface area contributed by atoms with E-state index in [2.05, 4.69) is 25.7 Å². The zero-order valence-electron chi connectivity index (χ0n) is 21.8. The predicted molar refractivity (Wildman–Crippen MR) is 145 cm³/mol. The quantitative estimate of drug-likeness (QED) is 0.296. The summed E-state index contributed by atoms with van der Waals surface area (Å²) < 4.78 is 14.2. The van der Waals surface area contributed by atoms with E-state index in [4.69, 9.17) is 9.47 Å². The van der Waals surface area contributed by atoms with Crippen molar-refractivity contribution in [3.8, 4) is 5.75 Å². The van der Waals surface area contributed by atoms with Crippen molar-refractivity contribution in [3.63, 3.8) is 0 Å². The number of rotatable bonds is 14. The molecule has 0 saturated heterocycles. The van der Waals surface area contributed by atoms with E-state index in [1.165, 1.54) is 11.3 Å². The monoisotopic (exact) mass is 501 g/mol. The Morgan fingerprint density at radius 3 is 2.49 bits per heavy atom. The lowest BCUT2D eigenvalue weighted by molar-refractivity contribution is 0.0775. The number of aryl methyl sites for hydroxylation is 1. The minimum absolute atomic E-state index is 0.0975. The second kappa shape index (κ2) is 13.0. The molecule has 0 aliphatic rings. The average Bonchev–Trinajstić information content (AvgIpc) is 3.26. The van der Waals surface area contributed by atoms with Gasteiger partial charge in [-0.3, -0.25) is 9.59 Å². The molecule has 0 unspecified atom stereocenters. The van der Waals surface area contributed by atoms with Gasteiger partial charge in [0, 0.05) is 38.7 Å². The number of benzene rings is 1. The van der Waals surface area contributed by atoms with Gasteiger partial charge in [-0.05, 0) is 32.5 Å². The molecular formula is C27H39N3O4S. The van der Waals surface area contributed by atoms with Crippen LogP contribution in [0, 0.1) is 0 Å². The number of unbranched alkanes of at least 4 members (excludes halogenated alkanes) is 1. The van der Waals surface area contributed by atoms with Crippen LogP contribution in [0.3, 0.4) is 0 Å². The molecular weight excluding hydrogens is 462 g/mol. The summed E-state index contributed by atoms with van der Waals surface area (Å²) in [4.78, 5) is 31.9. The number of ether oxygens (including phenoxy) is 2. The van der Waals surface area contributed by atoms with Gasteiger partial charge in [-0.15, -0.1) is 11.3 Å². The van der Waals surface area contributed by atoms with Crippen molar-refractivity contribution in [2.24, 2.45) is 0 Å². The fourth-order valence-corrected chi connectivity index (χ4v) is 5.48. The van der Waals surface area contributed by atoms with Crippen LogP contribution in [-0.4, -0.2) is 73.3 Å². The highest BCUT2D eigenvalue weighted by atomic mass is 32.1. The largest absolute Gasteiger partial charge is 0.489 e. The molecule has 35 heavy (non-hydrogen) atoms. The standard InChI is InChI=1S/C27H39N3O4S/c1-6-10-15-30-21-14-12-11-13-20(21)24-22(26(30)31)23(34-19-18-33-9-4)25(35-24)27(32)28(5)16-17-29(7-2)8-3/h11-14H,6-10,15-19H2,1-5H3. The summed E-state index contributed by atoms with van der Waals surface area (Å²) in [5.41, 5.74) is 0.800. The Hall–Kier alpha value is -2.42. The lowest BCUT2D eigenvalue weighted by Crippen LogP contribution is -2.36. The lowest BCUT2D eigenvalue weighted by Gasteiger charge is -2.23. The third kappa shape index (κ3) is 6.05. The van der Waals surface area contributed by atoms with Gasteiger partial charge in [-0.2, -0.15) is 0 Å². The number of pyridine rings is 1. The number of hydrogen-bond acceptors (Lipinski definition) is 6. The Morgan fingerprint density at radius 2 is 1.80 bits per heavy atom. The minimum Gasteiger partial charge on any atom is -0.489 e. The highest BCUT2D eigenvalue weighted by molar-refractivity contribution is 7.22. The second-order valence-electron chi connectivity index (χ2n) is 8.59. The molecule has 2 aromatic heterocycles. The second-order valence-corrected chi connectivity index (χ2v) is 9.61. The van der Waals surface area contributed by atoms with Crippen molar-refractivity contribution >= 4 is 38.2 Å². The normalized spacial score (nSPS) is 11.6. The number of likely N-dealkylation sites (N-methyl/N-ethyl adjacent to an activating group) is 2. The molecule has 2 heterocycles. The molecule has 3 aromatic rings. The van der Waals surface area contributed by atoms with Gasteiger partial charge in [0.2, 0.25) is 0 Å². The predicted octanol–water partition coefficient (Wildman–Crippen LogP) is 4.85.